The molecule has 0 saturated heterocycles. The van der Waals surface area contributed by atoms with Gasteiger partial charge in [0.15, 0.2) is 0 Å². The van der Waals surface area contributed by atoms with Gasteiger partial charge in [0, 0.05) is 0 Å². The molecule has 0 aliphatic heterocycles. The first kappa shape index (κ1) is 13.9. The SMILES string of the molecule is CCC(COc1ccccc1)NC(=O)C1(O)CCC1. The summed E-state index contributed by atoms with van der Waals surface area (Å²) in [5.41, 5.74) is -1.14. The molecule has 0 heterocycles. The summed E-state index contributed by atoms with van der Waals surface area (Å²) in [5, 5.41) is 12.8. The van der Waals surface area contributed by atoms with Gasteiger partial charge in [-0.3, -0.25) is 4.79 Å². The zero-order valence-corrected chi connectivity index (χ0v) is 11.3. The first-order chi connectivity index (χ1) is 9.14. The van der Waals surface area contributed by atoms with Gasteiger partial charge in [-0.15, -0.1) is 0 Å². The van der Waals surface area contributed by atoms with E-state index in [2.05, 4.69) is 5.32 Å². The molecular weight excluding hydrogens is 242 g/mol. The summed E-state index contributed by atoms with van der Waals surface area (Å²) in [4.78, 5) is 11.9. The number of hydrogen-bond donors (Lipinski definition) is 2. The van der Waals surface area contributed by atoms with Gasteiger partial charge in [0.25, 0.3) is 5.91 Å². The Labute approximate surface area is 113 Å². The molecule has 1 atom stereocenters. The zero-order chi connectivity index (χ0) is 13.7. The largest absolute Gasteiger partial charge is 0.491 e. The second-order valence-electron chi connectivity index (χ2n) is 5.09. The van der Waals surface area contributed by atoms with Gasteiger partial charge in [-0.25, -0.2) is 0 Å². The van der Waals surface area contributed by atoms with Gasteiger partial charge in [-0.2, -0.15) is 0 Å². The number of rotatable bonds is 6. The number of hydrogen-bond acceptors (Lipinski definition) is 3. The maximum absolute atomic E-state index is 11.9. The highest BCUT2D eigenvalue weighted by atomic mass is 16.5. The Morgan fingerprint density at radius 1 is 1.42 bits per heavy atom. The third-order valence-electron chi connectivity index (χ3n) is 3.63. The molecule has 19 heavy (non-hydrogen) atoms. The summed E-state index contributed by atoms with van der Waals surface area (Å²) in [6, 6.07) is 9.44. The number of nitrogens with one attached hydrogen (secondary N) is 1. The topological polar surface area (TPSA) is 58.6 Å². The first-order valence-electron chi connectivity index (χ1n) is 6.85. The van der Waals surface area contributed by atoms with Gasteiger partial charge in [0.2, 0.25) is 0 Å². The molecule has 1 fully saturated rings. The van der Waals surface area contributed by atoms with Crippen molar-refractivity contribution in [2.75, 3.05) is 6.61 Å². The molecule has 4 heteroatoms. The quantitative estimate of drug-likeness (QED) is 0.824. The van der Waals surface area contributed by atoms with E-state index < -0.39 is 5.60 Å². The van der Waals surface area contributed by atoms with E-state index in [4.69, 9.17) is 4.74 Å². The lowest BCUT2D eigenvalue weighted by Crippen LogP contribution is -2.55. The van der Waals surface area contributed by atoms with Gasteiger partial charge < -0.3 is 15.2 Å². The van der Waals surface area contributed by atoms with Crippen LogP contribution in [0.25, 0.3) is 0 Å². The summed E-state index contributed by atoms with van der Waals surface area (Å²) in [7, 11) is 0. The fourth-order valence-electron chi connectivity index (χ4n) is 2.03. The Kier molecular flexibility index (Phi) is 4.43. The van der Waals surface area contributed by atoms with Crippen LogP contribution in [-0.4, -0.2) is 29.3 Å². The minimum absolute atomic E-state index is 0.0719. The van der Waals surface area contributed by atoms with E-state index in [0.717, 1.165) is 18.6 Å². The van der Waals surface area contributed by atoms with Crippen LogP contribution in [0.4, 0.5) is 0 Å². The number of para-hydroxylation sites is 1. The van der Waals surface area contributed by atoms with Crippen LogP contribution in [0, 0.1) is 0 Å². The lowest BCUT2D eigenvalue weighted by molar-refractivity contribution is -0.149. The molecule has 2 rings (SSSR count). The minimum Gasteiger partial charge on any atom is -0.491 e. The highest BCUT2D eigenvalue weighted by Gasteiger charge is 2.42. The van der Waals surface area contributed by atoms with E-state index in [1.807, 2.05) is 37.3 Å². The first-order valence-corrected chi connectivity index (χ1v) is 6.85. The highest BCUT2D eigenvalue weighted by molar-refractivity contribution is 5.86. The lowest BCUT2D eigenvalue weighted by Gasteiger charge is -2.36. The van der Waals surface area contributed by atoms with Gasteiger partial charge in [0.1, 0.15) is 18.0 Å². The monoisotopic (exact) mass is 263 g/mol. The summed E-state index contributed by atoms with van der Waals surface area (Å²) >= 11 is 0. The second kappa shape index (κ2) is 6.06. The molecule has 1 aromatic rings. The molecule has 0 spiro atoms. The number of carbonyl (C=O) groups is 1. The van der Waals surface area contributed by atoms with Crippen molar-refractivity contribution in [2.24, 2.45) is 0 Å². The summed E-state index contributed by atoms with van der Waals surface area (Å²) < 4.78 is 5.63. The Bertz CT molecular complexity index is 415. The molecule has 1 aromatic carbocycles. The number of ether oxygens (including phenoxy) is 1. The fraction of sp³-hybridized carbons (Fsp3) is 0.533. The van der Waals surface area contributed by atoms with Crippen LogP contribution in [0.3, 0.4) is 0 Å². The smallest absolute Gasteiger partial charge is 0.252 e. The highest BCUT2D eigenvalue weighted by Crippen LogP contribution is 2.31. The van der Waals surface area contributed by atoms with Gasteiger partial charge in [0.05, 0.1) is 6.04 Å². The van der Waals surface area contributed by atoms with Gasteiger partial charge >= 0.3 is 0 Å². The van der Waals surface area contributed by atoms with Crippen LogP contribution in [0.1, 0.15) is 32.6 Å². The number of amides is 1. The van der Waals surface area contributed by atoms with Gasteiger partial charge in [-0.05, 0) is 37.8 Å². The van der Waals surface area contributed by atoms with Crippen LogP contribution in [-0.2, 0) is 4.79 Å². The Hall–Kier alpha value is -1.55. The molecule has 4 nitrogen and oxygen atoms in total. The predicted molar refractivity (Wildman–Crippen MR) is 73.0 cm³/mol. The van der Waals surface area contributed by atoms with Crippen LogP contribution in [0.2, 0.25) is 0 Å². The van der Waals surface area contributed by atoms with Crippen LogP contribution in [0.5, 0.6) is 5.75 Å². The predicted octanol–water partition coefficient (Wildman–Crippen LogP) is 1.88. The normalized spacial score (nSPS) is 18.2. The fourth-order valence-corrected chi connectivity index (χ4v) is 2.03. The molecule has 0 aromatic heterocycles. The van der Waals surface area contributed by atoms with Crippen molar-refractivity contribution in [3.05, 3.63) is 30.3 Å². The summed E-state index contributed by atoms with van der Waals surface area (Å²) in [6.07, 6.45) is 2.82. The molecule has 0 radical (unpaired) electrons. The van der Waals surface area contributed by atoms with Crippen molar-refractivity contribution >= 4 is 5.91 Å². The second-order valence-corrected chi connectivity index (χ2v) is 5.09. The van der Waals surface area contributed by atoms with Crippen LogP contribution >= 0.6 is 0 Å². The Balaban J connectivity index is 1.81. The number of benzene rings is 1. The molecule has 1 aliphatic carbocycles. The van der Waals surface area contributed by atoms with Crippen LogP contribution < -0.4 is 10.1 Å². The third kappa shape index (κ3) is 3.47. The molecule has 1 amide bonds. The lowest BCUT2D eigenvalue weighted by atomic mass is 9.79. The molecule has 1 aliphatic rings. The van der Waals surface area contributed by atoms with E-state index >= 15 is 0 Å². The van der Waals surface area contributed by atoms with Crippen molar-refractivity contribution in [1.82, 2.24) is 5.32 Å². The maximum Gasteiger partial charge on any atom is 0.252 e. The van der Waals surface area contributed by atoms with Crippen LogP contribution in [0.15, 0.2) is 30.3 Å². The minimum atomic E-state index is -1.14. The maximum atomic E-state index is 11.9. The molecule has 1 saturated carbocycles. The number of aliphatic hydroxyl groups is 1. The van der Waals surface area contributed by atoms with E-state index in [1.165, 1.54) is 0 Å². The average molecular weight is 263 g/mol. The van der Waals surface area contributed by atoms with Crippen molar-refractivity contribution in [3.8, 4) is 5.75 Å². The average Bonchev–Trinajstić information content (AvgIpc) is 2.41. The summed E-state index contributed by atoms with van der Waals surface area (Å²) in [5.74, 6) is 0.528. The van der Waals surface area contributed by atoms with Crippen molar-refractivity contribution in [3.63, 3.8) is 0 Å². The zero-order valence-electron chi connectivity index (χ0n) is 11.3. The summed E-state index contributed by atoms with van der Waals surface area (Å²) in [6.45, 7) is 2.41. The molecule has 1 unspecified atom stereocenters. The molecule has 2 N–H and O–H groups in total. The molecule has 0 bridgehead atoms. The van der Waals surface area contributed by atoms with Crippen molar-refractivity contribution < 1.29 is 14.6 Å². The van der Waals surface area contributed by atoms with E-state index in [1.54, 1.807) is 0 Å². The standard InChI is InChI=1S/C15H21NO3/c1-2-12(11-19-13-7-4-3-5-8-13)16-14(17)15(18)9-6-10-15/h3-5,7-8,12,18H,2,6,9-11H2,1H3,(H,16,17). The number of carbonyl (C=O) groups excluding carboxylic acids is 1. The van der Waals surface area contributed by atoms with E-state index in [-0.39, 0.29) is 11.9 Å². The molecular formula is C15H21NO3. The third-order valence-corrected chi connectivity index (χ3v) is 3.63. The Morgan fingerprint density at radius 2 is 2.11 bits per heavy atom. The van der Waals surface area contributed by atoms with Gasteiger partial charge in [-0.1, -0.05) is 25.1 Å². The van der Waals surface area contributed by atoms with Crippen molar-refractivity contribution in [1.29, 1.82) is 0 Å². The Morgan fingerprint density at radius 3 is 2.63 bits per heavy atom. The molecule has 104 valence electrons. The van der Waals surface area contributed by atoms with Crippen molar-refractivity contribution in [2.45, 2.75) is 44.2 Å². The van der Waals surface area contributed by atoms with E-state index in [0.29, 0.717) is 19.4 Å². The van der Waals surface area contributed by atoms with E-state index in [9.17, 15) is 9.90 Å².